The molecule has 1 aliphatic carbocycles. The topological polar surface area (TPSA) is 45.3 Å². The molecule has 0 amide bonds. The summed E-state index contributed by atoms with van der Waals surface area (Å²) in [4.78, 5) is 18.2. The van der Waals surface area contributed by atoms with Gasteiger partial charge >= 0.3 is 0 Å². The largest absolute Gasteiger partial charge is 0.496 e. The van der Waals surface area contributed by atoms with E-state index in [-0.39, 0.29) is 5.56 Å². The first-order chi connectivity index (χ1) is 12.5. The maximum absolute atomic E-state index is 12.7. The Morgan fingerprint density at radius 3 is 2.73 bits per heavy atom. The number of aromatic amines is 1. The second kappa shape index (κ2) is 6.62. The monoisotopic (exact) mass is 356 g/mol. The molecule has 2 heterocycles. The number of anilines is 1. The van der Waals surface area contributed by atoms with Crippen LogP contribution >= 0.6 is 0 Å². The predicted octanol–water partition coefficient (Wildman–Crippen LogP) is 3.27. The number of nitrogens with zero attached hydrogens (tertiary/aromatic N) is 2. The molecule has 0 saturated heterocycles. The molecule has 5 heteroatoms. The average Bonchev–Trinajstić information content (AvgIpc) is 3.17. The molecular formula is C21H30N3O2+. The van der Waals surface area contributed by atoms with Crippen LogP contribution in [0.3, 0.4) is 0 Å². The van der Waals surface area contributed by atoms with Gasteiger partial charge in [-0.2, -0.15) is 0 Å². The molecule has 4 rings (SSSR count). The van der Waals surface area contributed by atoms with Gasteiger partial charge in [-0.3, -0.25) is 4.79 Å². The molecule has 2 aromatic rings. The minimum atomic E-state index is 0.0524. The van der Waals surface area contributed by atoms with Gasteiger partial charge in [-0.15, -0.1) is 0 Å². The van der Waals surface area contributed by atoms with Crippen LogP contribution in [-0.4, -0.2) is 49.9 Å². The highest BCUT2D eigenvalue weighted by Gasteiger charge is 2.35. The van der Waals surface area contributed by atoms with Crippen molar-refractivity contribution in [3.05, 3.63) is 34.1 Å². The Balaban J connectivity index is 1.83. The first-order valence-electron chi connectivity index (χ1n) is 9.81. The van der Waals surface area contributed by atoms with E-state index in [1.54, 1.807) is 7.11 Å². The van der Waals surface area contributed by atoms with Crippen LogP contribution in [-0.2, 0) is 6.42 Å². The van der Waals surface area contributed by atoms with E-state index in [9.17, 15) is 4.79 Å². The summed E-state index contributed by atoms with van der Waals surface area (Å²) in [5.74, 6) is 0.841. The van der Waals surface area contributed by atoms with Gasteiger partial charge in [0.05, 0.1) is 43.8 Å². The van der Waals surface area contributed by atoms with Crippen molar-refractivity contribution in [2.45, 2.75) is 44.6 Å². The lowest BCUT2D eigenvalue weighted by atomic mass is 9.99. The first kappa shape index (κ1) is 17.4. The second-order valence-corrected chi connectivity index (χ2v) is 8.39. The summed E-state index contributed by atoms with van der Waals surface area (Å²) in [6, 6.07) is 6.62. The molecule has 1 aromatic carbocycles. The van der Waals surface area contributed by atoms with Crippen molar-refractivity contribution in [3.8, 4) is 5.75 Å². The zero-order valence-electron chi connectivity index (χ0n) is 16.2. The van der Waals surface area contributed by atoms with E-state index >= 15 is 0 Å². The quantitative estimate of drug-likeness (QED) is 0.855. The van der Waals surface area contributed by atoms with E-state index in [0.29, 0.717) is 0 Å². The van der Waals surface area contributed by atoms with Crippen LogP contribution in [0.1, 0.15) is 37.7 Å². The lowest BCUT2D eigenvalue weighted by Crippen LogP contribution is -2.55. The number of quaternary nitrogens is 1. The fourth-order valence-electron chi connectivity index (χ4n) is 4.95. The van der Waals surface area contributed by atoms with Crippen LogP contribution in [0.15, 0.2) is 23.0 Å². The summed E-state index contributed by atoms with van der Waals surface area (Å²) in [5, 5.41) is 1.05. The van der Waals surface area contributed by atoms with Gasteiger partial charge in [-0.1, -0.05) is 6.07 Å². The standard InChI is InChI=1S/C21H29N3O2/c1-24(2,15-8-4-5-9-15)14-23-13-7-10-16-20(23)19-17(22-21(16)25)11-6-12-18(19)26-3/h6,11-12,15H,4-5,7-10,13-14H2,1-3H3/p+1. The molecule has 1 aromatic heterocycles. The van der Waals surface area contributed by atoms with Gasteiger partial charge in [0.25, 0.3) is 5.56 Å². The van der Waals surface area contributed by atoms with Gasteiger partial charge in [0, 0.05) is 12.1 Å². The smallest absolute Gasteiger partial charge is 0.253 e. The third kappa shape index (κ3) is 2.88. The highest BCUT2D eigenvalue weighted by atomic mass is 16.5. The van der Waals surface area contributed by atoms with Crippen LogP contribution in [0.2, 0.25) is 0 Å². The number of methoxy groups -OCH3 is 1. The van der Waals surface area contributed by atoms with Gasteiger partial charge in [0.15, 0.2) is 6.67 Å². The molecule has 1 N–H and O–H groups in total. The van der Waals surface area contributed by atoms with E-state index in [1.165, 1.54) is 25.7 Å². The molecule has 5 nitrogen and oxygen atoms in total. The Morgan fingerprint density at radius 1 is 1.23 bits per heavy atom. The molecule has 0 unspecified atom stereocenters. The molecule has 1 saturated carbocycles. The number of ether oxygens (including phenoxy) is 1. The maximum Gasteiger partial charge on any atom is 0.253 e. The van der Waals surface area contributed by atoms with Crippen molar-refractivity contribution in [1.29, 1.82) is 0 Å². The van der Waals surface area contributed by atoms with Crippen LogP contribution in [0.4, 0.5) is 5.69 Å². The van der Waals surface area contributed by atoms with Crippen LogP contribution in [0, 0.1) is 0 Å². The van der Waals surface area contributed by atoms with Crippen molar-refractivity contribution in [2.24, 2.45) is 0 Å². The number of H-pyrrole nitrogens is 1. The van der Waals surface area contributed by atoms with E-state index < -0.39 is 0 Å². The Morgan fingerprint density at radius 2 is 2.00 bits per heavy atom. The highest BCUT2D eigenvalue weighted by Crippen LogP contribution is 2.38. The minimum absolute atomic E-state index is 0.0524. The number of rotatable bonds is 4. The maximum atomic E-state index is 12.7. The number of benzene rings is 1. The molecule has 26 heavy (non-hydrogen) atoms. The summed E-state index contributed by atoms with van der Waals surface area (Å²) in [6.07, 6.45) is 7.19. The van der Waals surface area contributed by atoms with Gasteiger partial charge < -0.3 is 19.1 Å². The zero-order chi connectivity index (χ0) is 18.3. The SMILES string of the molecule is COc1cccc2[nH]c(=O)c3c(c12)N(C[N+](C)(C)C1CCCC1)CCC3. The van der Waals surface area contributed by atoms with Crippen molar-refractivity contribution < 1.29 is 9.22 Å². The van der Waals surface area contributed by atoms with Crippen LogP contribution < -0.4 is 15.2 Å². The fourth-order valence-corrected chi connectivity index (χ4v) is 4.95. The average molecular weight is 356 g/mol. The third-order valence-electron chi connectivity index (χ3n) is 6.31. The summed E-state index contributed by atoms with van der Waals surface area (Å²) in [7, 11) is 6.39. The molecule has 1 fully saturated rings. The van der Waals surface area contributed by atoms with Gasteiger partial charge in [0.2, 0.25) is 0 Å². The number of pyridine rings is 1. The molecule has 0 bridgehead atoms. The summed E-state index contributed by atoms with van der Waals surface area (Å²) in [5.41, 5.74) is 2.93. The van der Waals surface area contributed by atoms with Gasteiger partial charge in [0.1, 0.15) is 5.75 Å². The van der Waals surface area contributed by atoms with Crippen molar-refractivity contribution in [1.82, 2.24) is 4.98 Å². The predicted molar refractivity (Wildman–Crippen MR) is 106 cm³/mol. The van der Waals surface area contributed by atoms with E-state index in [1.807, 2.05) is 18.2 Å². The summed E-state index contributed by atoms with van der Waals surface area (Å²) in [6.45, 7) is 1.94. The normalized spacial score (nSPS) is 18.3. The molecule has 1 aliphatic heterocycles. The number of nitrogens with one attached hydrogen (secondary N) is 1. The fraction of sp³-hybridized carbons (Fsp3) is 0.571. The van der Waals surface area contributed by atoms with Crippen LogP contribution in [0.25, 0.3) is 10.9 Å². The number of fused-ring (bicyclic) bond motifs is 3. The van der Waals surface area contributed by atoms with Gasteiger partial charge in [-0.25, -0.2) is 0 Å². The molecule has 2 aliphatic rings. The van der Waals surface area contributed by atoms with Gasteiger partial charge in [-0.05, 0) is 50.7 Å². The lowest BCUT2D eigenvalue weighted by molar-refractivity contribution is -0.913. The molecule has 0 spiro atoms. The summed E-state index contributed by atoms with van der Waals surface area (Å²) < 4.78 is 6.65. The Labute approximate surface area is 155 Å². The molecule has 140 valence electrons. The molecule has 0 atom stereocenters. The molecule has 0 radical (unpaired) electrons. The van der Waals surface area contributed by atoms with E-state index in [0.717, 1.165) is 64.5 Å². The molecular weight excluding hydrogens is 326 g/mol. The zero-order valence-corrected chi connectivity index (χ0v) is 16.2. The minimum Gasteiger partial charge on any atom is -0.496 e. The number of aromatic nitrogens is 1. The Hall–Kier alpha value is -2.01. The van der Waals surface area contributed by atoms with E-state index in [4.69, 9.17) is 4.74 Å². The van der Waals surface area contributed by atoms with Crippen molar-refractivity contribution in [2.75, 3.05) is 39.3 Å². The van der Waals surface area contributed by atoms with E-state index in [2.05, 4.69) is 24.0 Å². The van der Waals surface area contributed by atoms with Crippen LogP contribution in [0.5, 0.6) is 5.75 Å². The lowest BCUT2D eigenvalue weighted by Gasteiger charge is -2.42. The Bertz CT molecular complexity index is 865. The third-order valence-corrected chi connectivity index (χ3v) is 6.31. The number of hydrogen-bond donors (Lipinski definition) is 1. The summed E-state index contributed by atoms with van der Waals surface area (Å²) >= 11 is 0. The van der Waals surface area contributed by atoms with Crippen molar-refractivity contribution >= 4 is 16.6 Å². The number of hydrogen-bond acceptors (Lipinski definition) is 3. The highest BCUT2D eigenvalue weighted by molar-refractivity contribution is 5.98. The first-order valence-corrected chi connectivity index (χ1v) is 9.81. The second-order valence-electron chi connectivity index (χ2n) is 8.39. The Kier molecular flexibility index (Phi) is 4.43. The van der Waals surface area contributed by atoms with Crippen molar-refractivity contribution in [3.63, 3.8) is 0 Å².